The molecule has 3 unspecified atom stereocenters. The summed E-state index contributed by atoms with van der Waals surface area (Å²) in [5.41, 5.74) is 7.36. The zero-order valence-corrected chi connectivity index (χ0v) is 14.2. The number of amides is 1. The number of hydrogen-bond donors (Lipinski definition) is 2. The van der Waals surface area contributed by atoms with E-state index in [2.05, 4.69) is 24.1 Å². The zero-order valence-electron chi connectivity index (χ0n) is 14.2. The third-order valence-corrected chi connectivity index (χ3v) is 4.93. The molecule has 2 rings (SSSR count). The first kappa shape index (κ1) is 17.0. The lowest BCUT2D eigenvalue weighted by molar-refractivity contribution is -0.127. The van der Waals surface area contributed by atoms with E-state index < -0.39 is 0 Å². The predicted octanol–water partition coefficient (Wildman–Crippen LogP) is 2.31. The second kappa shape index (κ2) is 6.80. The number of benzene rings is 1. The minimum atomic E-state index is -0.127. The molecule has 122 valence electrons. The molecular formula is C18H29N3O. The van der Waals surface area contributed by atoms with Crippen LogP contribution in [-0.4, -0.2) is 36.0 Å². The van der Waals surface area contributed by atoms with Crippen LogP contribution in [0.3, 0.4) is 0 Å². The number of nitrogens with two attached hydrogens (primary N) is 1. The minimum Gasteiger partial charge on any atom is -0.348 e. The van der Waals surface area contributed by atoms with Gasteiger partial charge >= 0.3 is 0 Å². The number of nitrogens with zero attached hydrogens (tertiary/aromatic N) is 1. The number of likely N-dealkylation sites (tertiary alicyclic amines) is 1. The molecule has 1 saturated heterocycles. The summed E-state index contributed by atoms with van der Waals surface area (Å²) in [6.45, 7) is 10.1. The van der Waals surface area contributed by atoms with Crippen LogP contribution in [0.25, 0.3) is 0 Å². The SMILES string of the molecule is CC(NC(=O)C(C)N1CCC(N)C(C)(C)C1)c1ccccc1. The van der Waals surface area contributed by atoms with E-state index in [1.807, 2.05) is 44.2 Å². The summed E-state index contributed by atoms with van der Waals surface area (Å²) >= 11 is 0. The van der Waals surface area contributed by atoms with Crippen LogP contribution in [-0.2, 0) is 4.79 Å². The maximum Gasteiger partial charge on any atom is 0.237 e. The van der Waals surface area contributed by atoms with E-state index in [4.69, 9.17) is 5.73 Å². The van der Waals surface area contributed by atoms with Gasteiger partial charge in [0.25, 0.3) is 0 Å². The van der Waals surface area contributed by atoms with Crippen LogP contribution in [0, 0.1) is 5.41 Å². The van der Waals surface area contributed by atoms with Gasteiger partial charge in [0.1, 0.15) is 0 Å². The first-order chi connectivity index (χ1) is 10.3. The highest BCUT2D eigenvalue weighted by molar-refractivity contribution is 5.81. The van der Waals surface area contributed by atoms with Crippen LogP contribution in [0.5, 0.6) is 0 Å². The third kappa shape index (κ3) is 3.87. The van der Waals surface area contributed by atoms with E-state index in [1.54, 1.807) is 0 Å². The summed E-state index contributed by atoms with van der Waals surface area (Å²) in [5, 5.41) is 3.12. The topological polar surface area (TPSA) is 58.4 Å². The molecule has 0 radical (unpaired) electrons. The Morgan fingerprint density at radius 3 is 2.55 bits per heavy atom. The van der Waals surface area contributed by atoms with Crippen molar-refractivity contribution >= 4 is 5.91 Å². The standard InChI is InChI=1S/C18H29N3O/c1-13(15-8-6-5-7-9-15)20-17(22)14(2)21-11-10-16(19)18(3,4)12-21/h5-9,13-14,16H,10-12,19H2,1-4H3,(H,20,22). The van der Waals surface area contributed by atoms with Crippen molar-refractivity contribution in [1.29, 1.82) is 0 Å². The van der Waals surface area contributed by atoms with Gasteiger partial charge in [0.05, 0.1) is 12.1 Å². The Hall–Kier alpha value is -1.39. The Morgan fingerprint density at radius 1 is 1.32 bits per heavy atom. The first-order valence-corrected chi connectivity index (χ1v) is 8.16. The van der Waals surface area contributed by atoms with Gasteiger partial charge in [-0.25, -0.2) is 0 Å². The number of carbonyl (C=O) groups is 1. The number of rotatable bonds is 4. The van der Waals surface area contributed by atoms with Crippen LogP contribution in [0.2, 0.25) is 0 Å². The monoisotopic (exact) mass is 303 g/mol. The zero-order chi connectivity index (χ0) is 16.3. The normalized spacial score (nSPS) is 24.5. The predicted molar refractivity (Wildman–Crippen MR) is 90.4 cm³/mol. The molecule has 0 bridgehead atoms. The summed E-state index contributed by atoms with van der Waals surface area (Å²) in [7, 11) is 0. The van der Waals surface area contributed by atoms with Crippen molar-refractivity contribution in [3.05, 3.63) is 35.9 Å². The molecule has 4 nitrogen and oxygen atoms in total. The highest BCUT2D eigenvalue weighted by Crippen LogP contribution is 2.28. The van der Waals surface area contributed by atoms with Gasteiger partial charge in [0, 0.05) is 19.1 Å². The van der Waals surface area contributed by atoms with Crippen molar-refractivity contribution in [3.63, 3.8) is 0 Å². The second-order valence-electron chi connectivity index (χ2n) is 7.17. The fourth-order valence-corrected chi connectivity index (χ4v) is 3.07. The number of carbonyl (C=O) groups excluding carboxylic acids is 1. The Kier molecular flexibility index (Phi) is 5.24. The van der Waals surface area contributed by atoms with E-state index in [-0.39, 0.29) is 29.4 Å². The number of piperidine rings is 1. The molecule has 1 aliphatic heterocycles. The largest absolute Gasteiger partial charge is 0.348 e. The van der Waals surface area contributed by atoms with Crippen LogP contribution in [0.4, 0.5) is 0 Å². The van der Waals surface area contributed by atoms with E-state index >= 15 is 0 Å². The molecule has 0 aromatic heterocycles. The average molecular weight is 303 g/mol. The van der Waals surface area contributed by atoms with Gasteiger partial charge in [0.15, 0.2) is 0 Å². The summed E-state index contributed by atoms with van der Waals surface area (Å²) in [5.74, 6) is 0.0858. The summed E-state index contributed by atoms with van der Waals surface area (Å²) in [6, 6.07) is 10.2. The first-order valence-electron chi connectivity index (χ1n) is 8.16. The van der Waals surface area contributed by atoms with Gasteiger partial charge in [-0.05, 0) is 31.2 Å². The Morgan fingerprint density at radius 2 is 1.95 bits per heavy atom. The second-order valence-corrected chi connectivity index (χ2v) is 7.17. The molecule has 1 aliphatic rings. The maximum atomic E-state index is 12.5. The minimum absolute atomic E-state index is 0.0243. The molecule has 0 spiro atoms. The van der Waals surface area contributed by atoms with E-state index in [1.165, 1.54) is 0 Å². The van der Waals surface area contributed by atoms with Gasteiger partial charge in [-0.1, -0.05) is 44.2 Å². The molecule has 1 fully saturated rings. The third-order valence-electron chi connectivity index (χ3n) is 4.93. The molecule has 0 saturated carbocycles. The van der Waals surface area contributed by atoms with E-state index in [9.17, 15) is 4.79 Å². The van der Waals surface area contributed by atoms with Crippen LogP contribution >= 0.6 is 0 Å². The van der Waals surface area contributed by atoms with Crippen molar-refractivity contribution in [2.75, 3.05) is 13.1 Å². The molecule has 4 heteroatoms. The summed E-state index contributed by atoms with van der Waals surface area (Å²) in [6.07, 6.45) is 0.943. The van der Waals surface area contributed by atoms with Gasteiger partial charge in [-0.2, -0.15) is 0 Å². The summed E-state index contributed by atoms with van der Waals surface area (Å²) in [4.78, 5) is 14.8. The summed E-state index contributed by atoms with van der Waals surface area (Å²) < 4.78 is 0. The van der Waals surface area contributed by atoms with Crippen molar-refractivity contribution in [3.8, 4) is 0 Å². The highest BCUT2D eigenvalue weighted by Gasteiger charge is 2.36. The molecule has 0 aliphatic carbocycles. The van der Waals surface area contributed by atoms with Crippen LogP contribution < -0.4 is 11.1 Å². The van der Waals surface area contributed by atoms with Gasteiger partial charge < -0.3 is 11.1 Å². The molecule has 1 amide bonds. The molecule has 1 heterocycles. The van der Waals surface area contributed by atoms with Crippen molar-refractivity contribution in [2.24, 2.45) is 11.1 Å². The highest BCUT2D eigenvalue weighted by atomic mass is 16.2. The van der Waals surface area contributed by atoms with Gasteiger partial charge in [0.2, 0.25) is 5.91 Å². The van der Waals surface area contributed by atoms with Crippen molar-refractivity contribution in [1.82, 2.24) is 10.2 Å². The van der Waals surface area contributed by atoms with Crippen LogP contribution in [0.15, 0.2) is 30.3 Å². The van der Waals surface area contributed by atoms with Gasteiger partial charge in [-0.3, -0.25) is 9.69 Å². The Bertz CT molecular complexity index is 500. The quantitative estimate of drug-likeness (QED) is 0.897. The van der Waals surface area contributed by atoms with Crippen LogP contribution in [0.1, 0.15) is 45.7 Å². The molecule has 1 aromatic carbocycles. The van der Waals surface area contributed by atoms with Crippen molar-refractivity contribution < 1.29 is 4.79 Å². The number of nitrogens with one attached hydrogen (secondary N) is 1. The van der Waals surface area contributed by atoms with Gasteiger partial charge in [-0.15, -0.1) is 0 Å². The Labute approximate surface area is 134 Å². The lowest BCUT2D eigenvalue weighted by Gasteiger charge is -2.44. The Balaban J connectivity index is 1.95. The lowest BCUT2D eigenvalue weighted by atomic mass is 9.79. The average Bonchev–Trinajstić information content (AvgIpc) is 2.50. The molecule has 22 heavy (non-hydrogen) atoms. The molecule has 3 N–H and O–H groups in total. The van der Waals surface area contributed by atoms with E-state index in [0.717, 1.165) is 25.1 Å². The molecule has 3 atom stereocenters. The molecule has 1 aromatic rings. The fraction of sp³-hybridized carbons (Fsp3) is 0.611. The van der Waals surface area contributed by atoms with Crippen molar-refractivity contribution in [2.45, 2.75) is 52.2 Å². The van der Waals surface area contributed by atoms with E-state index in [0.29, 0.717) is 0 Å². The molecular weight excluding hydrogens is 274 g/mol. The maximum absolute atomic E-state index is 12.5. The smallest absolute Gasteiger partial charge is 0.237 e. The fourth-order valence-electron chi connectivity index (χ4n) is 3.07. The lowest BCUT2D eigenvalue weighted by Crippen LogP contribution is -2.57. The number of hydrogen-bond acceptors (Lipinski definition) is 3.